The number of ether oxygens (including phenoxy) is 1. The summed E-state index contributed by atoms with van der Waals surface area (Å²) in [5, 5.41) is 2.60. The van der Waals surface area contributed by atoms with Gasteiger partial charge in [0.15, 0.2) is 0 Å². The molecule has 0 spiro atoms. The maximum Gasteiger partial charge on any atom is 0.328 e. The van der Waals surface area contributed by atoms with E-state index in [0.717, 1.165) is 19.3 Å². The predicted molar refractivity (Wildman–Crippen MR) is 58.9 cm³/mol. The van der Waals surface area contributed by atoms with Crippen LogP contribution in [-0.2, 0) is 14.3 Å². The summed E-state index contributed by atoms with van der Waals surface area (Å²) in [4.78, 5) is 22.4. The molecule has 0 aromatic carbocycles. The second-order valence-corrected chi connectivity index (χ2v) is 3.68. The van der Waals surface area contributed by atoms with Crippen LogP contribution in [0.1, 0.15) is 39.5 Å². The molecule has 0 saturated heterocycles. The molecule has 0 radical (unpaired) electrons. The maximum absolute atomic E-state index is 11.3. The van der Waals surface area contributed by atoms with E-state index in [4.69, 9.17) is 4.74 Å². The Hall–Kier alpha value is -0.770. The number of halogens is 1. The monoisotopic (exact) mass is 235 g/mol. The van der Waals surface area contributed by atoms with E-state index >= 15 is 0 Å². The Labute approximate surface area is 96.2 Å². The minimum Gasteiger partial charge on any atom is -0.461 e. The maximum atomic E-state index is 11.3. The zero-order valence-corrected chi connectivity index (χ0v) is 9.93. The van der Waals surface area contributed by atoms with Crippen LogP contribution >= 0.6 is 12.4 Å². The molecule has 1 saturated carbocycles. The Bertz CT molecular complexity index is 229. The number of carbonyl (C=O) groups is 2. The van der Waals surface area contributed by atoms with Crippen LogP contribution < -0.4 is 5.32 Å². The van der Waals surface area contributed by atoms with Gasteiger partial charge in [-0.1, -0.05) is 6.92 Å². The van der Waals surface area contributed by atoms with E-state index in [1.807, 2.05) is 6.92 Å². The normalized spacial score (nSPS) is 16.1. The lowest BCUT2D eigenvalue weighted by Crippen LogP contribution is -2.39. The topological polar surface area (TPSA) is 55.4 Å². The highest BCUT2D eigenvalue weighted by atomic mass is 35.5. The molecular weight excluding hydrogens is 218 g/mol. The highest BCUT2D eigenvalue weighted by molar-refractivity contribution is 5.85. The summed E-state index contributed by atoms with van der Waals surface area (Å²) in [5.41, 5.74) is 0. The van der Waals surface area contributed by atoms with Crippen molar-refractivity contribution in [3.63, 3.8) is 0 Å². The van der Waals surface area contributed by atoms with Crippen LogP contribution in [0.2, 0.25) is 0 Å². The first-order chi connectivity index (χ1) is 6.63. The average Bonchev–Trinajstić information content (AvgIpc) is 2.88. The van der Waals surface area contributed by atoms with E-state index in [2.05, 4.69) is 5.32 Å². The van der Waals surface area contributed by atoms with E-state index in [1.54, 1.807) is 6.92 Å². The van der Waals surface area contributed by atoms with Crippen LogP contribution in [0, 0.1) is 0 Å². The summed E-state index contributed by atoms with van der Waals surface area (Å²) in [6.07, 6.45) is 3.27. The van der Waals surface area contributed by atoms with Crippen molar-refractivity contribution in [3.8, 4) is 0 Å². The fourth-order valence-corrected chi connectivity index (χ4v) is 1.05. The van der Waals surface area contributed by atoms with Gasteiger partial charge in [-0.25, -0.2) is 4.79 Å². The molecule has 4 nitrogen and oxygen atoms in total. The van der Waals surface area contributed by atoms with Crippen LogP contribution in [0.4, 0.5) is 0 Å². The Morgan fingerprint density at radius 2 is 2.07 bits per heavy atom. The number of amides is 1. The van der Waals surface area contributed by atoms with E-state index in [-0.39, 0.29) is 30.4 Å². The SMILES string of the molecule is CCCC(=O)N[C@@H](C)C(=O)OC1CC1.Cl. The van der Waals surface area contributed by atoms with Gasteiger partial charge in [0.25, 0.3) is 0 Å². The largest absolute Gasteiger partial charge is 0.461 e. The van der Waals surface area contributed by atoms with Gasteiger partial charge in [-0.3, -0.25) is 4.79 Å². The highest BCUT2D eigenvalue weighted by Crippen LogP contribution is 2.23. The van der Waals surface area contributed by atoms with Gasteiger partial charge in [0.1, 0.15) is 12.1 Å². The van der Waals surface area contributed by atoms with Gasteiger partial charge in [-0.15, -0.1) is 12.4 Å². The molecule has 1 amide bonds. The smallest absolute Gasteiger partial charge is 0.328 e. The molecule has 0 aliphatic heterocycles. The van der Waals surface area contributed by atoms with E-state index in [9.17, 15) is 9.59 Å². The fraction of sp³-hybridized carbons (Fsp3) is 0.800. The zero-order valence-electron chi connectivity index (χ0n) is 9.12. The minimum absolute atomic E-state index is 0. The molecule has 1 aliphatic carbocycles. The Morgan fingerprint density at radius 3 is 2.53 bits per heavy atom. The number of rotatable bonds is 5. The van der Waals surface area contributed by atoms with Crippen LogP contribution in [0.5, 0.6) is 0 Å². The van der Waals surface area contributed by atoms with Crippen molar-refractivity contribution in [2.24, 2.45) is 0 Å². The van der Waals surface area contributed by atoms with Gasteiger partial charge in [-0.05, 0) is 26.2 Å². The molecule has 5 heteroatoms. The van der Waals surface area contributed by atoms with Crippen molar-refractivity contribution in [1.29, 1.82) is 0 Å². The summed E-state index contributed by atoms with van der Waals surface area (Å²) < 4.78 is 5.05. The Morgan fingerprint density at radius 1 is 1.47 bits per heavy atom. The molecule has 15 heavy (non-hydrogen) atoms. The average molecular weight is 236 g/mol. The van der Waals surface area contributed by atoms with Gasteiger partial charge >= 0.3 is 5.97 Å². The van der Waals surface area contributed by atoms with Crippen molar-refractivity contribution in [2.75, 3.05) is 0 Å². The Kier molecular flexibility index (Phi) is 6.32. The van der Waals surface area contributed by atoms with Crippen LogP contribution in [0.15, 0.2) is 0 Å². The number of hydrogen-bond donors (Lipinski definition) is 1. The summed E-state index contributed by atoms with van der Waals surface area (Å²) in [6.45, 7) is 3.57. The lowest BCUT2D eigenvalue weighted by molar-refractivity contribution is -0.148. The Balaban J connectivity index is 0.00000196. The van der Waals surface area contributed by atoms with Crippen molar-refractivity contribution >= 4 is 24.3 Å². The predicted octanol–water partition coefficient (Wildman–Crippen LogP) is 1.42. The van der Waals surface area contributed by atoms with E-state index < -0.39 is 6.04 Å². The van der Waals surface area contributed by atoms with Crippen LogP contribution in [0.25, 0.3) is 0 Å². The zero-order chi connectivity index (χ0) is 10.6. The molecule has 1 aliphatic rings. The molecule has 0 unspecified atom stereocenters. The fourth-order valence-electron chi connectivity index (χ4n) is 1.05. The van der Waals surface area contributed by atoms with Crippen molar-refractivity contribution < 1.29 is 14.3 Å². The second-order valence-electron chi connectivity index (χ2n) is 3.68. The highest BCUT2D eigenvalue weighted by Gasteiger charge is 2.28. The molecule has 0 bridgehead atoms. The first-order valence-electron chi connectivity index (χ1n) is 5.13. The number of hydrogen-bond acceptors (Lipinski definition) is 3. The quantitative estimate of drug-likeness (QED) is 0.734. The first-order valence-corrected chi connectivity index (χ1v) is 5.13. The van der Waals surface area contributed by atoms with Gasteiger partial charge in [0.2, 0.25) is 5.91 Å². The number of nitrogens with one attached hydrogen (secondary N) is 1. The second kappa shape index (κ2) is 6.67. The number of esters is 1. The molecule has 1 rings (SSSR count). The van der Waals surface area contributed by atoms with Gasteiger partial charge in [0, 0.05) is 6.42 Å². The molecule has 0 aromatic heterocycles. The summed E-state index contributed by atoms with van der Waals surface area (Å²) in [7, 11) is 0. The van der Waals surface area contributed by atoms with E-state index in [0.29, 0.717) is 6.42 Å². The molecular formula is C10H18ClNO3. The van der Waals surface area contributed by atoms with Crippen molar-refractivity contribution in [2.45, 2.75) is 51.7 Å². The molecule has 1 fully saturated rings. The third-order valence-electron chi connectivity index (χ3n) is 2.02. The van der Waals surface area contributed by atoms with E-state index in [1.165, 1.54) is 0 Å². The van der Waals surface area contributed by atoms with Crippen LogP contribution in [-0.4, -0.2) is 24.0 Å². The van der Waals surface area contributed by atoms with Gasteiger partial charge in [-0.2, -0.15) is 0 Å². The van der Waals surface area contributed by atoms with Gasteiger partial charge in [0.05, 0.1) is 0 Å². The lowest BCUT2D eigenvalue weighted by Gasteiger charge is -2.12. The number of carbonyl (C=O) groups excluding carboxylic acids is 2. The van der Waals surface area contributed by atoms with Gasteiger partial charge < -0.3 is 10.1 Å². The molecule has 1 atom stereocenters. The van der Waals surface area contributed by atoms with Crippen molar-refractivity contribution in [3.05, 3.63) is 0 Å². The summed E-state index contributed by atoms with van der Waals surface area (Å²) in [6, 6.07) is -0.519. The third-order valence-corrected chi connectivity index (χ3v) is 2.02. The van der Waals surface area contributed by atoms with Crippen LogP contribution in [0.3, 0.4) is 0 Å². The summed E-state index contributed by atoms with van der Waals surface area (Å²) in [5.74, 6) is -0.412. The molecule has 88 valence electrons. The van der Waals surface area contributed by atoms with Crippen molar-refractivity contribution in [1.82, 2.24) is 5.32 Å². The standard InChI is InChI=1S/C10H17NO3.ClH/c1-3-4-9(12)11-7(2)10(13)14-8-5-6-8;/h7-8H,3-6H2,1-2H3,(H,11,12);1H/t7-;/m0./s1. The first kappa shape index (κ1) is 14.2. The minimum atomic E-state index is -0.519. The molecule has 0 heterocycles. The third kappa shape index (κ3) is 5.62. The lowest BCUT2D eigenvalue weighted by atomic mass is 10.3. The summed E-state index contributed by atoms with van der Waals surface area (Å²) >= 11 is 0. The molecule has 1 N–H and O–H groups in total. The molecule has 0 aromatic rings.